The van der Waals surface area contributed by atoms with Crippen molar-refractivity contribution in [3.63, 3.8) is 0 Å². The van der Waals surface area contributed by atoms with E-state index >= 15 is 0 Å². The van der Waals surface area contributed by atoms with Crippen molar-refractivity contribution in [1.82, 2.24) is 42.4 Å². The van der Waals surface area contributed by atoms with Crippen molar-refractivity contribution in [3.8, 4) is 96.6 Å². The molecule has 0 unspecified atom stereocenters. The molecule has 0 radical (unpaired) electrons. The predicted octanol–water partition coefficient (Wildman–Crippen LogP) is 26.7. The van der Waals surface area contributed by atoms with Crippen LogP contribution in [0.4, 0.5) is 0 Å². The number of rotatable bonds is 11. The zero-order chi connectivity index (χ0) is 76.2. The number of aromatic nitrogens is 9. The fourth-order valence-electron chi connectivity index (χ4n) is 18.9. The topological polar surface area (TPSA) is 92.0 Å². The lowest BCUT2D eigenvalue weighted by atomic mass is 9.92. The van der Waals surface area contributed by atoms with Crippen molar-refractivity contribution < 1.29 is 0 Å². The van der Waals surface area contributed by atoms with Gasteiger partial charge in [0.25, 0.3) is 0 Å². The van der Waals surface area contributed by atoms with E-state index in [9.17, 15) is 5.26 Å². The van der Waals surface area contributed by atoms with Crippen LogP contribution in [0.15, 0.2) is 388 Å². The molecular formula is C106H64N10. The molecular weight excluding hydrogens is 1410 g/mol. The average Bonchev–Trinajstić information content (AvgIpc) is 1.53. The van der Waals surface area contributed by atoms with Crippen LogP contribution in [0, 0.1) is 11.3 Å². The van der Waals surface area contributed by atoms with Crippen molar-refractivity contribution in [2.45, 2.75) is 0 Å². The lowest BCUT2D eigenvalue weighted by Gasteiger charge is -2.22. The van der Waals surface area contributed by atoms with E-state index in [-0.39, 0.29) is 0 Å². The summed E-state index contributed by atoms with van der Waals surface area (Å²) in [5.41, 5.74) is 25.7. The summed E-state index contributed by atoms with van der Waals surface area (Å²) in [5.74, 6) is 1.55. The zero-order valence-corrected chi connectivity index (χ0v) is 62.4. The fraction of sp³-hybridized carbons (Fsp3) is 0. The van der Waals surface area contributed by atoms with Gasteiger partial charge in [-0.25, -0.2) is 15.0 Å². The van der Waals surface area contributed by atoms with Gasteiger partial charge in [0.15, 0.2) is 17.5 Å². The summed E-state index contributed by atoms with van der Waals surface area (Å²) in [7, 11) is 0. The van der Waals surface area contributed by atoms with Gasteiger partial charge in [-0.1, -0.05) is 237 Å². The van der Waals surface area contributed by atoms with E-state index in [2.05, 4.69) is 367 Å². The van der Waals surface area contributed by atoms with Crippen molar-refractivity contribution in [3.05, 3.63) is 394 Å². The van der Waals surface area contributed by atoms with Crippen molar-refractivity contribution in [2.24, 2.45) is 0 Å². The smallest absolute Gasteiger partial charge is 0.166 e. The van der Waals surface area contributed by atoms with Crippen LogP contribution in [0.1, 0.15) is 5.56 Å². The van der Waals surface area contributed by atoms with Crippen molar-refractivity contribution in [1.29, 1.82) is 5.26 Å². The van der Waals surface area contributed by atoms with Crippen molar-refractivity contribution >= 4 is 131 Å². The number of hydrogen-bond acceptors (Lipinski definition) is 4. The Hall–Kier alpha value is -16.0. The van der Waals surface area contributed by atoms with Crippen molar-refractivity contribution in [2.75, 3.05) is 0 Å². The summed E-state index contributed by atoms with van der Waals surface area (Å²) in [4.78, 5) is 17.0. The van der Waals surface area contributed by atoms with E-state index < -0.39 is 0 Å². The molecule has 0 atom stereocenters. The first kappa shape index (κ1) is 64.8. The van der Waals surface area contributed by atoms with E-state index in [4.69, 9.17) is 15.0 Å². The van der Waals surface area contributed by atoms with Crippen LogP contribution < -0.4 is 0 Å². The standard InChI is InChI=1S/C106H64N10/c107-65-66-25-23-30-69(59-66)70-49-54-97(115-98-55-50-71(111-89-40-15-7-31-75(89)76-32-8-16-41-90(76)111)61-85(98)86-62-72(51-56-99(86)115)112-91-42-17-9-33-77(91)78-34-10-18-43-92(78)112)84(60-70)83-39-24-48-102(103(83)106-109-104(67-26-3-1-4-27-67)108-105(110-106)68-28-5-2-6-29-68)116-100-57-52-73(113-93-44-19-11-35-79(93)80-36-12-20-45-94(80)113)63-87(100)88-64-74(53-58-101(88)116)114-95-46-21-13-37-81(95)82-38-14-22-47-96(82)114/h1-64H. The van der Waals surface area contributed by atoms with Crippen LogP contribution in [-0.4, -0.2) is 42.4 Å². The third kappa shape index (κ3) is 9.79. The summed E-state index contributed by atoms with van der Waals surface area (Å²) in [5, 5.41) is 24.5. The van der Waals surface area contributed by atoms with Crippen LogP contribution in [0.5, 0.6) is 0 Å². The van der Waals surface area contributed by atoms with Crippen LogP contribution >= 0.6 is 0 Å². The number of nitrogens with zero attached hydrogens (tertiary/aromatic N) is 10. The Labute approximate surface area is 664 Å². The molecule has 0 spiro atoms. The number of benzene rings is 17. The molecule has 10 nitrogen and oxygen atoms in total. The summed E-state index contributed by atoms with van der Waals surface area (Å²) in [6.07, 6.45) is 0. The Kier molecular flexibility index (Phi) is 14.3. The molecule has 0 N–H and O–H groups in total. The maximum Gasteiger partial charge on any atom is 0.166 e. The first-order valence-electron chi connectivity index (χ1n) is 39.3. The first-order chi connectivity index (χ1) is 57.5. The first-order valence-corrected chi connectivity index (χ1v) is 39.3. The van der Waals surface area contributed by atoms with Gasteiger partial charge >= 0.3 is 0 Å². The molecule has 24 aromatic rings. The Morgan fingerprint density at radius 2 is 0.483 bits per heavy atom. The van der Waals surface area contributed by atoms with E-state index in [1.165, 1.54) is 43.1 Å². The van der Waals surface area contributed by atoms with Gasteiger partial charge in [0.2, 0.25) is 0 Å². The molecule has 0 fully saturated rings. The van der Waals surface area contributed by atoms with Gasteiger partial charge in [-0.3, -0.25) is 0 Å². The number of fused-ring (bicyclic) bond motifs is 18. The van der Waals surface area contributed by atoms with Gasteiger partial charge in [-0.15, -0.1) is 0 Å². The maximum absolute atomic E-state index is 10.6. The molecule has 24 rings (SSSR count). The largest absolute Gasteiger partial charge is 0.309 e. The molecule has 7 aromatic heterocycles. The maximum atomic E-state index is 10.6. The summed E-state index contributed by atoms with van der Waals surface area (Å²) < 4.78 is 14.6. The van der Waals surface area contributed by atoms with E-state index in [1.807, 2.05) is 54.6 Å². The number of hydrogen-bond donors (Lipinski definition) is 0. The van der Waals surface area contributed by atoms with E-state index in [1.54, 1.807) is 0 Å². The monoisotopic (exact) mass is 1480 g/mol. The second-order valence-electron chi connectivity index (χ2n) is 30.1. The minimum absolute atomic E-state index is 0.485. The average molecular weight is 1480 g/mol. The van der Waals surface area contributed by atoms with Gasteiger partial charge in [0.1, 0.15) is 0 Å². The van der Waals surface area contributed by atoms with Crippen LogP contribution in [0.2, 0.25) is 0 Å². The van der Waals surface area contributed by atoms with Gasteiger partial charge in [0, 0.05) is 104 Å². The molecule has 0 aliphatic carbocycles. The minimum Gasteiger partial charge on any atom is -0.309 e. The van der Waals surface area contributed by atoms with E-state index in [0.29, 0.717) is 23.0 Å². The highest BCUT2D eigenvalue weighted by Crippen LogP contribution is 2.49. The van der Waals surface area contributed by atoms with Crippen LogP contribution in [0.25, 0.3) is 221 Å². The van der Waals surface area contributed by atoms with Crippen LogP contribution in [-0.2, 0) is 0 Å². The highest BCUT2D eigenvalue weighted by atomic mass is 15.1. The lowest BCUT2D eigenvalue weighted by molar-refractivity contribution is 1.06. The molecule has 0 amide bonds. The Balaban J connectivity index is 0.828. The van der Waals surface area contributed by atoms with Gasteiger partial charge in [-0.05, 0) is 168 Å². The second-order valence-corrected chi connectivity index (χ2v) is 30.1. The predicted molar refractivity (Wildman–Crippen MR) is 478 cm³/mol. The number of nitriles is 1. The van der Waals surface area contributed by atoms with E-state index in [0.717, 1.165) is 161 Å². The molecule has 10 heteroatoms. The minimum atomic E-state index is 0.485. The SMILES string of the molecule is N#Cc1cccc(-c2ccc(-n3c4ccc(-n5c6ccccc6c6ccccc65)cc4c4cc(-n5c6ccccc6c6ccccc65)ccc43)c(-c3cccc(-n4c5ccc(-n6c7ccccc7c7ccccc76)cc5c5cc(-n6c7ccccc7c7ccccc76)ccc54)c3-c3nc(-c4ccccc4)nc(-c4ccccc4)n3)c2)c1. The lowest BCUT2D eigenvalue weighted by Crippen LogP contribution is -2.06. The molecule has 0 saturated carbocycles. The van der Waals surface area contributed by atoms with Crippen LogP contribution in [0.3, 0.4) is 0 Å². The van der Waals surface area contributed by atoms with Gasteiger partial charge in [0.05, 0.1) is 94.8 Å². The highest BCUT2D eigenvalue weighted by molar-refractivity contribution is 6.18. The molecule has 0 aliphatic rings. The Morgan fingerprint density at radius 1 is 0.190 bits per heavy atom. The van der Waals surface area contributed by atoms with Gasteiger partial charge < -0.3 is 27.4 Å². The molecule has 0 aliphatic heterocycles. The number of para-hydroxylation sites is 8. The third-order valence-corrected chi connectivity index (χ3v) is 23.9. The molecule has 116 heavy (non-hydrogen) atoms. The summed E-state index contributed by atoms with van der Waals surface area (Å²) in [6, 6.07) is 143. The summed E-state index contributed by atoms with van der Waals surface area (Å²) >= 11 is 0. The zero-order valence-electron chi connectivity index (χ0n) is 62.4. The Morgan fingerprint density at radius 3 is 0.836 bits per heavy atom. The fourth-order valence-corrected chi connectivity index (χ4v) is 18.9. The third-order valence-electron chi connectivity index (χ3n) is 23.9. The second kappa shape index (κ2) is 25.5. The molecule has 0 saturated heterocycles. The molecule has 0 bridgehead atoms. The van der Waals surface area contributed by atoms with Gasteiger partial charge in [-0.2, -0.15) is 5.26 Å². The highest BCUT2D eigenvalue weighted by Gasteiger charge is 2.29. The summed E-state index contributed by atoms with van der Waals surface area (Å²) in [6.45, 7) is 0. The molecule has 7 heterocycles. The molecule has 538 valence electrons. The quantitative estimate of drug-likeness (QED) is 0.129. The molecule has 17 aromatic carbocycles. The Bertz CT molecular complexity index is 7690. The normalized spacial score (nSPS) is 12.0.